The quantitative estimate of drug-likeness (QED) is 0.254. The van der Waals surface area contributed by atoms with E-state index in [4.69, 9.17) is 18.6 Å². The molecule has 44 heavy (non-hydrogen) atoms. The zero-order chi connectivity index (χ0) is 33.5. The van der Waals surface area contributed by atoms with Gasteiger partial charge in [0.25, 0.3) is 0 Å². The molecule has 2 aromatic rings. The van der Waals surface area contributed by atoms with Gasteiger partial charge in [0.15, 0.2) is 0 Å². The molecule has 0 bridgehead atoms. The van der Waals surface area contributed by atoms with Gasteiger partial charge in [0.1, 0.15) is 0 Å². The summed E-state index contributed by atoms with van der Waals surface area (Å²) in [5.41, 5.74) is 14.2. The van der Waals surface area contributed by atoms with Crippen molar-refractivity contribution in [2.45, 2.75) is 142 Å². The van der Waals surface area contributed by atoms with E-state index in [1.165, 1.54) is 55.7 Å². The molecule has 0 spiro atoms. The van der Waals surface area contributed by atoms with Gasteiger partial charge in [-0.25, -0.2) is 0 Å². The van der Waals surface area contributed by atoms with Crippen LogP contribution >= 0.6 is 18.6 Å². The Balaban J connectivity index is 2.21. The van der Waals surface area contributed by atoms with Crippen molar-refractivity contribution in [3.8, 4) is 0 Å². The van der Waals surface area contributed by atoms with E-state index in [1.54, 1.807) is 0 Å². The molecule has 4 rings (SSSR count). The molecule has 0 saturated heterocycles. The maximum absolute atomic E-state index is 8.86. The van der Waals surface area contributed by atoms with Crippen molar-refractivity contribution in [3.05, 3.63) is 79.9 Å². The number of halogens is 2. The molecule has 2 unspecified atom stereocenters. The van der Waals surface area contributed by atoms with Crippen LogP contribution in [0.3, 0.4) is 0 Å². The number of allylic oxidation sites excluding steroid dienone is 2. The summed E-state index contributed by atoms with van der Waals surface area (Å²) in [5.74, 6) is 1.74. The Morgan fingerprint density at radius 1 is 0.568 bits per heavy atom. The molecule has 0 radical (unpaired) electrons. The van der Waals surface area contributed by atoms with Crippen molar-refractivity contribution in [1.29, 1.82) is 0 Å². The van der Waals surface area contributed by atoms with E-state index >= 15 is 0 Å². The first-order chi connectivity index (χ1) is 19.9. The number of hydrogen-bond acceptors (Lipinski definition) is 0. The third-order valence-electron chi connectivity index (χ3n) is 10.9. The van der Waals surface area contributed by atoms with Crippen LogP contribution in [0, 0.1) is 10.8 Å². The fraction of sp³-hybridized carbons (Fsp3) is 0.600. The molecule has 2 atom stereocenters. The Hall–Kier alpha value is -0.569. The van der Waals surface area contributed by atoms with Crippen molar-refractivity contribution in [2.75, 3.05) is 0 Å². The van der Waals surface area contributed by atoms with E-state index in [9.17, 15) is 0 Å². The molecule has 243 valence electrons. The van der Waals surface area contributed by atoms with Gasteiger partial charge in [-0.1, -0.05) is 0 Å². The zero-order valence-electron chi connectivity index (χ0n) is 30.8. The van der Waals surface area contributed by atoms with E-state index in [-0.39, 0.29) is 19.3 Å². The fourth-order valence-corrected chi connectivity index (χ4v) is 29.0. The van der Waals surface area contributed by atoms with Crippen LogP contribution in [0.15, 0.2) is 35.4 Å². The molecule has 0 fully saturated rings. The summed E-state index contributed by atoms with van der Waals surface area (Å²) in [6.07, 6.45) is 5.09. The second kappa shape index (κ2) is 11.8. The number of hydrogen-bond donors (Lipinski definition) is 0. The number of rotatable bonds is 7. The Kier molecular flexibility index (Phi) is 9.76. The van der Waals surface area contributed by atoms with E-state index in [0.717, 1.165) is 0 Å². The molecular formula is C40H61Cl2SiTi. The van der Waals surface area contributed by atoms with Crippen LogP contribution in [-0.4, -0.2) is 6.66 Å². The molecule has 4 heteroatoms. The summed E-state index contributed by atoms with van der Waals surface area (Å²) >= 11 is -4.64. The first-order valence-corrected chi connectivity index (χ1v) is 29.0. The average Bonchev–Trinajstić information content (AvgIpc) is 3.47. The van der Waals surface area contributed by atoms with Gasteiger partial charge in [-0.15, -0.1) is 0 Å². The zero-order valence-corrected chi connectivity index (χ0v) is 35.0. The van der Waals surface area contributed by atoms with Crippen LogP contribution in [0.5, 0.6) is 0 Å². The maximum atomic E-state index is 8.86. The topological polar surface area (TPSA) is 0 Å². The van der Waals surface area contributed by atoms with E-state index in [1.807, 2.05) is 0 Å². The second-order valence-electron chi connectivity index (χ2n) is 17.8. The molecule has 0 N–H and O–H groups in total. The molecular weight excluding hydrogens is 627 g/mol. The Labute approximate surface area is 280 Å². The predicted octanol–water partition coefficient (Wildman–Crippen LogP) is 13.8. The van der Waals surface area contributed by atoms with Gasteiger partial charge in [-0.2, -0.15) is 0 Å². The summed E-state index contributed by atoms with van der Waals surface area (Å²) in [6.45, 7) is 36.3. The Morgan fingerprint density at radius 3 is 1.11 bits per heavy atom. The first kappa shape index (κ1) is 36.3. The normalized spacial score (nSPS) is 20.0. The third-order valence-corrected chi connectivity index (χ3v) is 46.0. The van der Waals surface area contributed by atoms with E-state index in [0.29, 0.717) is 23.7 Å². The third kappa shape index (κ3) is 5.87. The van der Waals surface area contributed by atoms with Gasteiger partial charge in [-0.3, -0.25) is 0 Å². The predicted molar refractivity (Wildman–Crippen MR) is 200 cm³/mol. The molecule has 2 aliphatic carbocycles. The van der Waals surface area contributed by atoms with Crippen molar-refractivity contribution in [1.82, 2.24) is 0 Å². The Morgan fingerprint density at radius 2 is 0.886 bits per heavy atom. The van der Waals surface area contributed by atoms with E-state index in [2.05, 4.69) is 146 Å². The van der Waals surface area contributed by atoms with Gasteiger partial charge in [0, 0.05) is 0 Å². The number of benzene rings is 2. The molecule has 0 saturated carbocycles. The van der Waals surface area contributed by atoms with Crippen LogP contribution in [0.25, 0.3) is 12.2 Å². The molecule has 0 nitrogen and oxygen atoms in total. The van der Waals surface area contributed by atoms with Crippen molar-refractivity contribution in [2.24, 2.45) is 10.8 Å². The van der Waals surface area contributed by atoms with Gasteiger partial charge in [-0.05, 0) is 0 Å². The standard InChI is InChI=1S/2C19H27.C2H7Si.2ClH.Ti/c2*1-12(2)14-8-15-9-16(19(5,6)7)11-18(15)17(10-14)13(3)4;1-3-2;;;/h2*8-13H,1-7H3;3H,1-2H3;2*1H;/q;;;;;+2/p-2. The van der Waals surface area contributed by atoms with Gasteiger partial charge < -0.3 is 0 Å². The van der Waals surface area contributed by atoms with Gasteiger partial charge in [0.05, 0.1) is 0 Å². The van der Waals surface area contributed by atoms with Crippen molar-refractivity contribution in [3.63, 3.8) is 0 Å². The minimum atomic E-state index is -4.64. The van der Waals surface area contributed by atoms with Crippen LogP contribution in [0.4, 0.5) is 0 Å². The minimum absolute atomic E-state index is 0.0521. The molecule has 2 aliphatic rings. The molecule has 0 aromatic heterocycles. The number of fused-ring (bicyclic) bond motifs is 2. The second-order valence-corrected chi connectivity index (χ2v) is 47.0. The SMILES string of the molecule is CC(C)c1cc(C(C)C)c2c(c1)[CH]([Ti]([Cl])([Cl])([CH]1C(C(C)(C)C)=Cc3c(C(C)C)cc(C(C)C)cc31)[SiH](C)C)C(C(C)(C)C)=C2. The summed E-state index contributed by atoms with van der Waals surface area (Å²) in [5, 5.41) is 0. The van der Waals surface area contributed by atoms with E-state index < -0.39 is 19.1 Å². The molecule has 0 aliphatic heterocycles. The average molecular weight is 689 g/mol. The fourth-order valence-electron chi connectivity index (χ4n) is 8.01. The molecule has 2 aromatic carbocycles. The summed E-state index contributed by atoms with van der Waals surface area (Å²) in [4.78, 5) is 0. The summed E-state index contributed by atoms with van der Waals surface area (Å²) in [7, 11) is 17.7. The summed E-state index contributed by atoms with van der Waals surface area (Å²) in [6, 6.07) is 9.99. The van der Waals surface area contributed by atoms with Crippen LogP contribution < -0.4 is 0 Å². The summed E-state index contributed by atoms with van der Waals surface area (Å²) < 4.78 is 0.167. The molecule has 0 amide bonds. The van der Waals surface area contributed by atoms with Crippen LogP contribution in [-0.2, 0) is 12.4 Å². The van der Waals surface area contributed by atoms with Gasteiger partial charge in [0.2, 0.25) is 0 Å². The van der Waals surface area contributed by atoms with Crippen LogP contribution in [0.2, 0.25) is 13.1 Å². The van der Waals surface area contributed by atoms with Gasteiger partial charge >= 0.3 is 283 Å². The first-order valence-electron chi connectivity index (χ1n) is 17.3. The van der Waals surface area contributed by atoms with Crippen molar-refractivity contribution < 1.29 is 12.4 Å². The van der Waals surface area contributed by atoms with Crippen molar-refractivity contribution >= 4 is 37.4 Å². The monoisotopic (exact) mass is 687 g/mol. The Bertz CT molecular complexity index is 1400. The molecule has 0 heterocycles. The van der Waals surface area contributed by atoms with Crippen LogP contribution in [0.1, 0.15) is 174 Å².